The van der Waals surface area contributed by atoms with Crippen LogP contribution in [0.2, 0.25) is 0 Å². The highest BCUT2D eigenvalue weighted by atomic mass is 19.1. The van der Waals surface area contributed by atoms with Crippen molar-refractivity contribution in [3.8, 4) is 0 Å². The molecule has 98 valence electrons. The second kappa shape index (κ2) is 4.74. The van der Waals surface area contributed by atoms with Crippen LogP contribution < -0.4 is 5.73 Å². The molecular formula is C16H15F2N. The number of fused-ring (bicyclic) bond motifs is 1. The normalized spacial score (nSPS) is 16.4. The molecule has 0 bridgehead atoms. The van der Waals surface area contributed by atoms with Gasteiger partial charge in [-0.15, -0.1) is 0 Å². The zero-order valence-electron chi connectivity index (χ0n) is 10.4. The van der Waals surface area contributed by atoms with Gasteiger partial charge in [-0.2, -0.15) is 0 Å². The van der Waals surface area contributed by atoms with Gasteiger partial charge < -0.3 is 5.73 Å². The Balaban J connectivity index is 1.87. The molecule has 1 unspecified atom stereocenters. The van der Waals surface area contributed by atoms with Gasteiger partial charge in [0.1, 0.15) is 11.6 Å². The van der Waals surface area contributed by atoms with Crippen LogP contribution in [0.4, 0.5) is 8.78 Å². The molecule has 2 N–H and O–H groups in total. The molecule has 0 fully saturated rings. The van der Waals surface area contributed by atoms with E-state index in [4.69, 9.17) is 5.73 Å². The molecule has 3 rings (SSSR count). The smallest absolute Gasteiger partial charge is 0.128 e. The van der Waals surface area contributed by atoms with Crippen molar-refractivity contribution in [2.45, 2.75) is 18.9 Å². The summed E-state index contributed by atoms with van der Waals surface area (Å²) in [7, 11) is 0. The zero-order valence-corrected chi connectivity index (χ0v) is 10.4. The van der Waals surface area contributed by atoms with Crippen LogP contribution in [0.25, 0.3) is 0 Å². The first-order valence-electron chi connectivity index (χ1n) is 6.42. The predicted octanol–water partition coefficient (Wildman–Crippen LogP) is 3.38. The summed E-state index contributed by atoms with van der Waals surface area (Å²) < 4.78 is 27.0. The molecular weight excluding hydrogens is 244 g/mol. The van der Waals surface area contributed by atoms with E-state index in [0.29, 0.717) is 0 Å². The molecule has 3 heteroatoms. The average molecular weight is 259 g/mol. The van der Waals surface area contributed by atoms with Crippen LogP contribution in [0, 0.1) is 17.6 Å². The maximum absolute atomic E-state index is 13.8. The average Bonchev–Trinajstić information content (AvgIpc) is 2.84. The van der Waals surface area contributed by atoms with Crippen molar-refractivity contribution in [2.24, 2.45) is 11.7 Å². The van der Waals surface area contributed by atoms with Gasteiger partial charge in [0.25, 0.3) is 0 Å². The van der Waals surface area contributed by atoms with Crippen LogP contribution in [-0.2, 0) is 12.8 Å². The number of rotatable bonds is 2. The lowest BCUT2D eigenvalue weighted by atomic mass is 9.91. The Labute approximate surface area is 111 Å². The van der Waals surface area contributed by atoms with E-state index in [1.54, 1.807) is 0 Å². The summed E-state index contributed by atoms with van der Waals surface area (Å²) in [5.41, 5.74) is 8.95. The molecule has 0 heterocycles. The van der Waals surface area contributed by atoms with Gasteiger partial charge in [-0.25, -0.2) is 8.78 Å². The Bertz CT molecular complexity index is 584. The Morgan fingerprint density at radius 3 is 2.26 bits per heavy atom. The lowest BCUT2D eigenvalue weighted by Crippen LogP contribution is -2.23. The minimum Gasteiger partial charge on any atom is -0.324 e. The lowest BCUT2D eigenvalue weighted by Gasteiger charge is -2.19. The van der Waals surface area contributed by atoms with E-state index < -0.39 is 17.7 Å². The van der Waals surface area contributed by atoms with Crippen molar-refractivity contribution in [1.82, 2.24) is 0 Å². The molecule has 2 aromatic rings. The van der Waals surface area contributed by atoms with Gasteiger partial charge >= 0.3 is 0 Å². The summed E-state index contributed by atoms with van der Waals surface area (Å²) in [6.07, 6.45) is 1.65. The van der Waals surface area contributed by atoms with Crippen molar-refractivity contribution in [3.05, 3.63) is 70.8 Å². The standard InChI is InChI=1S/C16H15F2N/c17-13-5-6-15(18)14(9-13)16(19)12-7-10-3-1-2-4-11(10)8-12/h1-6,9,12,16H,7-8,19H2. The van der Waals surface area contributed by atoms with E-state index in [1.807, 2.05) is 12.1 Å². The van der Waals surface area contributed by atoms with Crippen LogP contribution in [-0.4, -0.2) is 0 Å². The minimum atomic E-state index is -0.469. The summed E-state index contributed by atoms with van der Waals surface area (Å²) in [6.45, 7) is 0. The van der Waals surface area contributed by atoms with Gasteiger partial charge in [0.05, 0.1) is 0 Å². The fourth-order valence-corrected chi connectivity index (χ4v) is 2.87. The van der Waals surface area contributed by atoms with E-state index in [1.165, 1.54) is 17.2 Å². The lowest BCUT2D eigenvalue weighted by molar-refractivity contribution is 0.433. The highest BCUT2D eigenvalue weighted by molar-refractivity contribution is 5.34. The van der Waals surface area contributed by atoms with Crippen LogP contribution in [0.5, 0.6) is 0 Å². The van der Waals surface area contributed by atoms with Gasteiger partial charge in [0.2, 0.25) is 0 Å². The number of benzene rings is 2. The van der Waals surface area contributed by atoms with E-state index in [-0.39, 0.29) is 11.5 Å². The zero-order chi connectivity index (χ0) is 13.4. The van der Waals surface area contributed by atoms with Crippen LogP contribution in [0.15, 0.2) is 42.5 Å². The highest BCUT2D eigenvalue weighted by Crippen LogP contribution is 2.34. The van der Waals surface area contributed by atoms with Crippen molar-refractivity contribution < 1.29 is 8.78 Å². The summed E-state index contributed by atoms with van der Waals surface area (Å²) in [5, 5.41) is 0. The minimum absolute atomic E-state index is 0.133. The fraction of sp³-hybridized carbons (Fsp3) is 0.250. The maximum Gasteiger partial charge on any atom is 0.128 e. The van der Waals surface area contributed by atoms with Crippen molar-refractivity contribution in [2.75, 3.05) is 0 Å². The fourth-order valence-electron chi connectivity index (χ4n) is 2.87. The Hall–Kier alpha value is -1.74. The molecule has 0 saturated carbocycles. The summed E-state index contributed by atoms with van der Waals surface area (Å²) in [6, 6.07) is 11.1. The van der Waals surface area contributed by atoms with Gasteiger partial charge in [-0.3, -0.25) is 0 Å². The topological polar surface area (TPSA) is 26.0 Å². The summed E-state index contributed by atoms with van der Waals surface area (Å²) in [5.74, 6) is -0.735. The Morgan fingerprint density at radius 1 is 1.00 bits per heavy atom. The SMILES string of the molecule is NC(c1cc(F)ccc1F)C1Cc2ccccc2C1. The van der Waals surface area contributed by atoms with Crippen LogP contribution in [0.1, 0.15) is 22.7 Å². The van der Waals surface area contributed by atoms with Crippen molar-refractivity contribution in [3.63, 3.8) is 0 Å². The highest BCUT2D eigenvalue weighted by Gasteiger charge is 2.28. The van der Waals surface area contributed by atoms with E-state index >= 15 is 0 Å². The van der Waals surface area contributed by atoms with Gasteiger partial charge in [0, 0.05) is 11.6 Å². The molecule has 0 aliphatic heterocycles. The first-order chi connectivity index (χ1) is 9.15. The molecule has 1 aliphatic carbocycles. The van der Waals surface area contributed by atoms with Crippen LogP contribution >= 0.6 is 0 Å². The molecule has 0 amide bonds. The Kier molecular flexibility index (Phi) is 3.07. The van der Waals surface area contributed by atoms with E-state index in [2.05, 4.69) is 12.1 Å². The summed E-state index contributed by atoms with van der Waals surface area (Å²) >= 11 is 0. The number of halogens is 2. The van der Waals surface area contributed by atoms with Crippen molar-refractivity contribution in [1.29, 1.82) is 0 Å². The molecule has 0 spiro atoms. The van der Waals surface area contributed by atoms with Crippen LogP contribution in [0.3, 0.4) is 0 Å². The molecule has 19 heavy (non-hydrogen) atoms. The van der Waals surface area contributed by atoms with Gasteiger partial charge in [-0.05, 0) is 48.1 Å². The molecule has 2 aromatic carbocycles. The third-order valence-corrected chi connectivity index (χ3v) is 3.91. The molecule has 0 aromatic heterocycles. The number of hydrogen-bond acceptors (Lipinski definition) is 1. The molecule has 0 saturated heterocycles. The first-order valence-corrected chi connectivity index (χ1v) is 6.42. The van der Waals surface area contributed by atoms with Gasteiger partial charge in [0.15, 0.2) is 0 Å². The van der Waals surface area contributed by atoms with E-state index in [9.17, 15) is 8.78 Å². The monoisotopic (exact) mass is 259 g/mol. The molecule has 1 atom stereocenters. The second-order valence-electron chi connectivity index (χ2n) is 5.13. The molecule has 1 aliphatic rings. The largest absolute Gasteiger partial charge is 0.324 e. The van der Waals surface area contributed by atoms with E-state index in [0.717, 1.165) is 25.0 Å². The third kappa shape index (κ3) is 2.26. The number of hydrogen-bond donors (Lipinski definition) is 1. The molecule has 1 nitrogen and oxygen atoms in total. The Morgan fingerprint density at radius 2 is 1.63 bits per heavy atom. The maximum atomic E-state index is 13.8. The van der Waals surface area contributed by atoms with Crippen molar-refractivity contribution >= 4 is 0 Å². The van der Waals surface area contributed by atoms with Gasteiger partial charge in [-0.1, -0.05) is 24.3 Å². The molecule has 0 radical (unpaired) electrons. The third-order valence-electron chi connectivity index (χ3n) is 3.91. The first kappa shape index (κ1) is 12.3. The summed E-state index contributed by atoms with van der Waals surface area (Å²) in [4.78, 5) is 0. The second-order valence-corrected chi connectivity index (χ2v) is 5.13. The predicted molar refractivity (Wildman–Crippen MR) is 70.6 cm³/mol. The quantitative estimate of drug-likeness (QED) is 0.879. The number of nitrogens with two attached hydrogens (primary N) is 1.